The fourth-order valence-electron chi connectivity index (χ4n) is 1.62. The van der Waals surface area contributed by atoms with Crippen molar-refractivity contribution in [1.82, 2.24) is 4.98 Å². The molecule has 2 rings (SSSR count). The number of nitrogens with zero attached hydrogens (tertiary/aromatic N) is 2. The minimum Gasteiger partial charge on any atom is -0.278 e. The molecule has 0 spiro atoms. The summed E-state index contributed by atoms with van der Waals surface area (Å²) in [5.41, 5.74) is 2.01. The van der Waals surface area contributed by atoms with Crippen LogP contribution in [0.25, 0.3) is 0 Å². The molecule has 2 aromatic rings. The molecule has 0 bridgehead atoms. The number of nitrogens with one attached hydrogen (secondary N) is 1. The van der Waals surface area contributed by atoms with Gasteiger partial charge < -0.3 is 0 Å². The Kier molecular flexibility index (Phi) is 4.01. The third kappa shape index (κ3) is 3.33. The standard InChI is InChI=1S/C14H13N3O2S/c1-11-2-5-13(10-16-11)17-20(18,19)14-6-3-12(4-7-14)8-9-15/h2-7,10,17H,8H2,1H3. The summed E-state index contributed by atoms with van der Waals surface area (Å²) in [6.07, 6.45) is 1.73. The summed E-state index contributed by atoms with van der Waals surface area (Å²) < 4.78 is 26.8. The van der Waals surface area contributed by atoms with Crippen molar-refractivity contribution < 1.29 is 8.42 Å². The predicted octanol–water partition coefficient (Wildman–Crippen LogP) is 2.26. The number of nitriles is 1. The van der Waals surface area contributed by atoms with Gasteiger partial charge in [-0.2, -0.15) is 5.26 Å². The van der Waals surface area contributed by atoms with E-state index in [4.69, 9.17) is 5.26 Å². The number of aromatic nitrogens is 1. The molecule has 0 saturated carbocycles. The lowest BCUT2D eigenvalue weighted by atomic mass is 10.2. The SMILES string of the molecule is Cc1ccc(NS(=O)(=O)c2ccc(CC#N)cc2)cn1. The highest BCUT2D eigenvalue weighted by molar-refractivity contribution is 7.92. The van der Waals surface area contributed by atoms with Gasteiger partial charge in [0.25, 0.3) is 10.0 Å². The van der Waals surface area contributed by atoms with E-state index in [-0.39, 0.29) is 11.3 Å². The van der Waals surface area contributed by atoms with Crippen molar-refractivity contribution >= 4 is 15.7 Å². The Morgan fingerprint density at radius 3 is 2.45 bits per heavy atom. The van der Waals surface area contributed by atoms with E-state index in [0.29, 0.717) is 5.69 Å². The average molecular weight is 287 g/mol. The molecule has 5 nitrogen and oxygen atoms in total. The van der Waals surface area contributed by atoms with Crippen LogP contribution in [-0.2, 0) is 16.4 Å². The van der Waals surface area contributed by atoms with E-state index in [1.165, 1.54) is 18.3 Å². The summed E-state index contributed by atoms with van der Waals surface area (Å²) >= 11 is 0. The van der Waals surface area contributed by atoms with Crippen LogP contribution in [0, 0.1) is 18.3 Å². The van der Waals surface area contributed by atoms with Crippen LogP contribution in [0.3, 0.4) is 0 Å². The molecule has 102 valence electrons. The molecule has 0 aliphatic heterocycles. The first-order valence-electron chi connectivity index (χ1n) is 5.92. The van der Waals surface area contributed by atoms with E-state index in [1.54, 1.807) is 24.3 Å². The molecule has 0 unspecified atom stereocenters. The van der Waals surface area contributed by atoms with Crippen LogP contribution in [0.1, 0.15) is 11.3 Å². The molecular weight excluding hydrogens is 274 g/mol. The number of benzene rings is 1. The summed E-state index contributed by atoms with van der Waals surface area (Å²) in [6.45, 7) is 1.83. The Morgan fingerprint density at radius 2 is 1.90 bits per heavy atom. The molecule has 1 heterocycles. The van der Waals surface area contributed by atoms with E-state index < -0.39 is 10.0 Å². The molecule has 6 heteroatoms. The number of hydrogen-bond acceptors (Lipinski definition) is 4. The largest absolute Gasteiger partial charge is 0.278 e. The van der Waals surface area contributed by atoms with Crippen LogP contribution in [0.5, 0.6) is 0 Å². The lowest BCUT2D eigenvalue weighted by Crippen LogP contribution is -2.13. The highest BCUT2D eigenvalue weighted by Crippen LogP contribution is 2.16. The zero-order valence-electron chi connectivity index (χ0n) is 10.9. The molecule has 0 aliphatic rings. The van der Waals surface area contributed by atoms with Crippen molar-refractivity contribution in [3.8, 4) is 6.07 Å². The second kappa shape index (κ2) is 5.72. The van der Waals surface area contributed by atoms with E-state index in [2.05, 4.69) is 9.71 Å². The van der Waals surface area contributed by atoms with Gasteiger partial charge in [0.15, 0.2) is 0 Å². The van der Waals surface area contributed by atoms with Gasteiger partial charge in [0.2, 0.25) is 0 Å². The summed E-state index contributed by atoms with van der Waals surface area (Å²) in [6, 6.07) is 11.6. The zero-order chi connectivity index (χ0) is 14.6. The number of pyridine rings is 1. The van der Waals surface area contributed by atoms with Gasteiger partial charge in [0.05, 0.1) is 29.3 Å². The van der Waals surface area contributed by atoms with Crippen molar-refractivity contribution in [3.05, 3.63) is 53.9 Å². The second-order valence-corrected chi connectivity index (χ2v) is 5.95. The minimum absolute atomic E-state index is 0.153. The van der Waals surface area contributed by atoms with Gasteiger partial charge in [0, 0.05) is 5.69 Å². The lowest BCUT2D eigenvalue weighted by Gasteiger charge is -2.08. The highest BCUT2D eigenvalue weighted by Gasteiger charge is 2.14. The number of sulfonamides is 1. The van der Waals surface area contributed by atoms with Gasteiger partial charge in [-0.3, -0.25) is 9.71 Å². The fraction of sp³-hybridized carbons (Fsp3) is 0.143. The van der Waals surface area contributed by atoms with E-state index in [0.717, 1.165) is 11.3 Å². The molecule has 1 N–H and O–H groups in total. The number of hydrogen-bond donors (Lipinski definition) is 1. The summed E-state index contributed by atoms with van der Waals surface area (Å²) in [4.78, 5) is 4.18. The van der Waals surface area contributed by atoms with Crippen LogP contribution in [0.15, 0.2) is 47.5 Å². The van der Waals surface area contributed by atoms with Crippen LogP contribution < -0.4 is 4.72 Å². The Bertz CT molecular complexity index is 729. The van der Waals surface area contributed by atoms with Crippen molar-refractivity contribution in [3.63, 3.8) is 0 Å². The smallest absolute Gasteiger partial charge is 0.261 e. The van der Waals surface area contributed by atoms with Crippen molar-refractivity contribution in [2.24, 2.45) is 0 Å². The molecule has 0 saturated heterocycles. The summed E-state index contributed by atoms with van der Waals surface area (Å²) in [5.74, 6) is 0. The van der Waals surface area contributed by atoms with Crippen LogP contribution >= 0.6 is 0 Å². The third-order valence-corrected chi connectivity index (χ3v) is 4.08. The van der Waals surface area contributed by atoms with E-state index in [1.807, 2.05) is 13.0 Å². The summed E-state index contributed by atoms with van der Waals surface area (Å²) in [5, 5.41) is 8.58. The first kappa shape index (κ1) is 14.0. The Labute approximate surface area is 118 Å². The third-order valence-electron chi connectivity index (χ3n) is 2.68. The van der Waals surface area contributed by atoms with Crippen LogP contribution in [0.4, 0.5) is 5.69 Å². The lowest BCUT2D eigenvalue weighted by molar-refractivity contribution is 0.601. The Morgan fingerprint density at radius 1 is 1.20 bits per heavy atom. The monoisotopic (exact) mass is 287 g/mol. The van der Waals surface area contributed by atoms with Crippen LogP contribution in [-0.4, -0.2) is 13.4 Å². The zero-order valence-corrected chi connectivity index (χ0v) is 11.7. The molecule has 1 aromatic carbocycles. The van der Waals surface area contributed by atoms with Gasteiger partial charge in [0.1, 0.15) is 0 Å². The fourth-order valence-corrected chi connectivity index (χ4v) is 2.66. The summed E-state index contributed by atoms with van der Waals surface area (Å²) in [7, 11) is -3.63. The van der Waals surface area contributed by atoms with Gasteiger partial charge in [-0.15, -0.1) is 0 Å². The van der Waals surface area contributed by atoms with Crippen molar-refractivity contribution in [1.29, 1.82) is 5.26 Å². The first-order valence-corrected chi connectivity index (χ1v) is 7.41. The number of rotatable bonds is 4. The molecular formula is C14H13N3O2S. The van der Waals surface area contributed by atoms with Crippen molar-refractivity contribution in [2.45, 2.75) is 18.2 Å². The van der Waals surface area contributed by atoms with Crippen LogP contribution in [0.2, 0.25) is 0 Å². The topological polar surface area (TPSA) is 82.9 Å². The Hall–Kier alpha value is -2.39. The molecule has 0 radical (unpaired) electrons. The molecule has 0 atom stereocenters. The number of aryl methyl sites for hydroxylation is 1. The van der Waals surface area contributed by atoms with Gasteiger partial charge >= 0.3 is 0 Å². The van der Waals surface area contributed by atoms with Gasteiger partial charge in [-0.25, -0.2) is 8.42 Å². The minimum atomic E-state index is -3.63. The van der Waals surface area contributed by atoms with E-state index >= 15 is 0 Å². The molecule has 0 amide bonds. The van der Waals surface area contributed by atoms with Crippen molar-refractivity contribution in [2.75, 3.05) is 4.72 Å². The van der Waals surface area contributed by atoms with E-state index in [9.17, 15) is 8.42 Å². The maximum absolute atomic E-state index is 12.2. The molecule has 20 heavy (non-hydrogen) atoms. The number of anilines is 1. The maximum Gasteiger partial charge on any atom is 0.261 e. The second-order valence-electron chi connectivity index (χ2n) is 4.27. The molecule has 1 aromatic heterocycles. The molecule has 0 aliphatic carbocycles. The Balaban J connectivity index is 2.22. The highest BCUT2D eigenvalue weighted by atomic mass is 32.2. The predicted molar refractivity (Wildman–Crippen MR) is 75.5 cm³/mol. The maximum atomic E-state index is 12.2. The average Bonchev–Trinajstić information content (AvgIpc) is 2.42. The van der Waals surface area contributed by atoms with Gasteiger partial charge in [-0.05, 0) is 36.8 Å². The first-order chi connectivity index (χ1) is 9.51. The quantitative estimate of drug-likeness (QED) is 0.935. The molecule has 0 fully saturated rings. The van der Waals surface area contributed by atoms with Gasteiger partial charge in [-0.1, -0.05) is 12.1 Å². The normalized spacial score (nSPS) is 10.8.